The van der Waals surface area contributed by atoms with Gasteiger partial charge in [-0.3, -0.25) is 9.52 Å². The summed E-state index contributed by atoms with van der Waals surface area (Å²) in [5.74, 6) is -0.178. The number of fused-ring (bicyclic) bond motifs is 1. The Morgan fingerprint density at radius 2 is 2.06 bits per heavy atom. The van der Waals surface area contributed by atoms with Crippen LogP contribution >= 0.6 is 0 Å². The van der Waals surface area contributed by atoms with Crippen molar-refractivity contribution in [3.8, 4) is 0 Å². The number of H-pyrrole nitrogens is 1. The number of nitrogens with two attached hydrogens (primary N) is 1. The van der Waals surface area contributed by atoms with Gasteiger partial charge in [-0.25, -0.2) is 14.4 Å². The molecular formula is C21H25FN6O3S. The minimum absolute atomic E-state index is 0.118. The lowest BCUT2D eigenvalue weighted by Gasteiger charge is -2.17. The van der Waals surface area contributed by atoms with Crippen molar-refractivity contribution in [1.82, 2.24) is 19.3 Å². The Balaban J connectivity index is 1.71. The van der Waals surface area contributed by atoms with E-state index >= 15 is 4.39 Å². The third kappa shape index (κ3) is 3.93. The Morgan fingerprint density at radius 1 is 1.34 bits per heavy atom. The fourth-order valence-corrected chi connectivity index (χ4v) is 4.52. The first-order valence-corrected chi connectivity index (χ1v) is 11.8. The van der Waals surface area contributed by atoms with E-state index in [2.05, 4.69) is 19.7 Å². The zero-order valence-corrected chi connectivity index (χ0v) is 18.8. The second kappa shape index (κ2) is 8.14. The molecule has 32 heavy (non-hydrogen) atoms. The lowest BCUT2D eigenvalue weighted by molar-refractivity contribution is 0.103. The molecule has 1 saturated carbocycles. The van der Waals surface area contributed by atoms with Crippen LogP contribution in [0.5, 0.6) is 0 Å². The van der Waals surface area contributed by atoms with Gasteiger partial charge in [0.05, 0.1) is 22.2 Å². The zero-order chi connectivity index (χ0) is 23.2. The second-order valence-corrected chi connectivity index (χ2v) is 9.81. The average Bonchev–Trinajstić information content (AvgIpc) is 3.52. The SMILES string of the molecule is CCN(C)S(=O)(=O)Nc1cccc(C(=O)c2c[nH]c3nc(C(C)C4CC4)nc(N)c23)c1F. The maximum absolute atomic E-state index is 15.1. The van der Waals surface area contributed by atoms with Crippen molar-refractivity contribution in [2.24, 2.45) is 5.92 Å². The first-order chi connectivity index (χ1) is 15.1. The van der Waals surface area contributed by atoms with E-state index in [4.69, 9.17) is 5.73 Å². The first-order valence-electron chi connectivity index (χ1n) is 10.4. The molecule has 1 unspecified atom stereocenters. The Kier molecular flexibility index (Phi) is 5.63. The maximum atomic E-state index is 15.1. The molecule has 2 aromatic heterocycles. The largest absolute Gasteiger partial charge is 0.383 e. The normalized spacial score (nSPS) is 15.3. The van der Waals surface area contributed by atoms with Crippen LogP contribution < -0.4 is 10.5 Å². The molecule has 1 aliphatic carbocycles. The van der Waals surface area contributed by atoms with E-state index < -0.39 is 21.8 Å². The molecule has 1 aliphatic rings. The van der Waals surface area contributed by atoms with Crippen molar-refractivity contribution in [3.05, 3.63) is 47.2 Å². The van der Waals surface area contributed by atoms with Crippen LogP contribution in [0.2, 0.25) is 0 Å². The molecule has 4 rings (SSSR count). The number of hydrogen-bond donors (Lipinski definition) is 3. The smallest absolute Gasteiger partial charge is 0.301 e. The van der Waals surface area contributed by atoms with Gasteiger partial charge >= 0.3 is 10.2 Å². The standard InChI is InChI=1S/C21H25FN6O3S/c1-4-28(3)32(30,31)27-15-7-5-6-13(17(15)22)18(29)14-10-24-21-16(14)19(23)25-20(26-21)11(2)12-8-9-12/h5-7,10-12,27H,4,8-9H2,1-3H3,(H3,23,24,25,26). The van der Waals surface area contributed by atoms with Crippen LogP contribution in [0.4, 0.5) is 15.9 Å². The van der Waals surface area contributed by atoms with Gasteiger partial charge in [0.2, 0.25) is 0 Å². The second-order valence-electron chi connectivity index (χ2n) is 8.04. The highest BCUT2D eigenvalue weighted by Gasteiger charge is 2.32. The molecule has 0 bridgehead atoms. The highest BCUT2D eigenvalue weighted by atomic mass is 32.2. The van der Waals surface area contributed by atoms with E-state index in [1.165, 1.54) is 31.4 Å². The van der Waals surface area contributed by atoms with Gasteiger partial charge in [-0.2, -0.15) is 12.7 Å². The summed E-state index contributed by atoms with van der Waals surface area (Å²) < 4.78 is 42.9. The third-order valence-corrected chi connectivity index (χ3v) is 7.45. The number of hydrogen-bond acceptors (Lipinski definition) is 6. The first kappa shape index (κ1) is 22.2. The molecule has 0 radical (unpaired) electrons. The minimum Gasteiger partial charge on any atom is -0.383 e. The molecule has 0 saturated heterocycles. The average molecular weight is 461 g/mol. The molecule has 1 aromatic carbocycles. The third-order valence-electron chi connectivity index (χ3n) is 5.90. The molecule has 0 amide bonds. The number of benzene rings is 1. The number of nitrogens with one attached hydrogen (secondary N) is 2. The molecule has 11 heteroatoms. The van der Waals surface area contributed by atoms with Gasteiger partial charge in [0.25, 0.3) is 0 Å². The lowest BCUT2D eigenvalue weighted by atomic mass is 10.0. The molecule has 4 N–H and O–H groups in total. The number of carbonyl (C=O) groups is 1. The van der Waals surface area contributed by atoms with Gasteiger partial charge in [-0.1, -0.05) is 19.9 Å². The summed E-state index contributed by atoms with van der Waals surface area (Å²) in [6.45, 7) is 3.90. The maximum Gasteiger partial charge on any atom is 0.301 e. The van der Waals surface area contributed by atoms with Crippen molar-refractivity contribution < 1.29 is 17.6 Å². The van der Waals surface area contributed by atoms with Gasteiger partial charge < -0.3 is 10.7 Å². The monoisotopic (exact) mass is 460 g/mol. The van der Waals surface area contributed by atoms with Crippen LogP contribution in [-0.4, -0.2) is 47.1 Å². The fourth-order valence-electron chi connectivity index (χ4n) is 3.59. The topological polar surface area (TPSA) is 134 Å². The number of aromatic amines is 1. The summed E-state index contributed by atoms with van der Waals surface area (Å²) in [6, 6.07) is 3.95. The highest BCUT2D eigenvalue weighted by molar-refractivity contribution is 7.90. The van der Waals surface area contributed by atoms with E-state index in [9.17, 15) is 13.2 Å². The minimum atomic E-state index is -3.95. The number of halogens is 1. The van der Waals surface area contributed by atoms with E-state index in [1.54, 1.807) is 6.92 Å². The molecule has 3 aromatic rings. The molecule has 0 aliphatic heterocycles. The van der Waals surface area contributed by atoms with E-state index in [0.717, 1.165) is 17.1 Å². The Bertz CT molecular complexity index is 1300. The van der Waals surface area contributed by atoms with Crippen molar-refractivity contribution >= 4 is 38.5 Å². The number of nitrogen functional groups attached to an aromatic ring is 1. The summed E-state index contributed by atoms with van der Waals surface area (Å²) >= 11 is 0. The quantitative estimate of drug-likeness (QED) is 0.442. The van der Waals surface area contributed by atoms with E-state index in [1.807, 2.05) is 6.92 Å². The molecular weight excluding hydrogens is 435 g/mol. The van der Waals surface area contributed by atoms with Gasteiger partial charge in [0, 0.05) is 25.7 Å². The summed E-state index contributed by atoms with van der Waals surface area (Å²) in [7, 11) is -2.59. The van der Waals surface area contributed by atoms with Crippen LogP contribution in [0, 0.1) is 11.7 Å². The van der Waals surface area contributed by atoms with Crippen LogP contribution in [0.1, 0.15) is 54.4 Å². The summed E-state index contributed by atoms with van der Waals surface area (Å²) in [5.41, 5.74) is 6.08. The number of ketones is 1. The van der Waals surface area contributed by atoms with Crippen molar-refractivity contribution in [3.63, 3.8) is 0 Å². The Morgan fingerprint density at radius 3 is 2.72 bits per heavy atom. The molecule has 1 atom stereocenters. The number of carbonyl (C=O) groups excluding carboxylic acids is 1. The zero-order valence-electron chi connectivity index (χ0n) is 18.0. The fraction of sp³-hybridized carbons (Fsp3) is 0.381. The predicted molar refractivity (Wildman–Crippen MR) is 120 cm³/mol. The molecule has 170 valence electrons. The van der Waals surface area contributed by atoms with E-state index in [0.29, 0.717) is 22.8 Å². The van der Waals surface area contributed by atoms with Gasteiger partial charge in [0.1, 0.15) is 17.3 Å². The van der Waals surface area contributed by atoms with Crippen LogP contribution in [0.25, 0.3) is 11.0 Å². The number of rotatable bonds is 8. The molecule has 2 heterocycles. The van der Waals surface area contributed by atoms with Gasteiger partial charge in [-0.05, 0) is 30.9 Å². The van der Waals surface area contributed by atoms with E-state index in [-0.39, 0.29) is 35.1 Å². The summed E-state index contributed by atoms with van der Waals surface area (Å²) in [6.07, 6.45) is 3.68. The highest BCUT2D eigenvalue weighted by Crippen LogP contribution is 2.41. The number of aromatic nitrogens is 3. The number of nitrogens with zero attached hydrogens (tertiary/aromatic N) is 3. The molecule has 9 nitrogen and oxygen atoms in total. The predicted octanol–water partition coefficient (Wildman–Crippen LogP) is 3.03. The Hall–Kier alpha value is -3.05. The lowest BCUT2D eigenvalue weighted by Crippen LogP contribution is -2.32. The summed E-state index contributed by atoms with van der Waals surface area (Å²) in [5, 5.41) is 0.317. The van der Waals surface area contributed by atoms with Gasteiger partial charge in [0.15, 0.2) is 11.6 Å². The molecule has 0 spiro atoms. The van der Waals surface area contributed by atoms with Crippen molar-refractivity contribution in [2.45, 2.75) is 32.6 Å². The van der Waals surface area contributed by atoms with Crippen molar-refractivity contribution in [2.75, 3.05) is 24.0 Å². The number of anilines is 2. The van der Waals surface area contributed by atoms with Crippen LogP contribution in [0.3, 0.4) is 0 Å². The van der Waals surface area contributed by atoms with Crippen LogP contribution in [0.15, 0.2) is 24.4 Å². The summed E-state index contributed by atoms with van der Waals surface area (Å²) in [4.78, 5) is 25.0. The van der Waals surface area contributed by atoms with Crippen molar-refractivity contribution in [1.29, 1.82) is 0 Å². The Labute approximate surface area is 185 Å². The van der Waals surface area contributed by atoms with Gasteiger partial charge in [-0.15, -0.1) is 0 Å². The molecule has 1 fully saturated rings. The van der Waals surface area contributed by atoms with Crippen LogP contribution in [-0.2, 0) is 10.2 Å².